The van der Waals surface area contributed by atoms with Crippen LogP contribution in [0, 0.1) is 6.92 Å². The summed E-state index contributed by atoms with van der Waals surface area (Å²) in [6.45, 7) is 4.09. The Kier molecular flexibility index (Phi) is 6.70. The molecule has 2 aromatic heterocycles. The third-order valence-electron chi connectivity index (χ3n) is 5.68. The van der Waals surface area contributed by atoms with Crippen LogP contribution in [-0.2, 0) is 23.2 Å². The molecule has 0 amide bonds. The van der Waals surface area contributed by atoms with Gasteiger partial charge in [0.1, 0.15) is 17.0 Å². The van der Waals surface area contributed by atoms with E-state index in [2.05, 4.69) is 20.9 Å². The molecule has 1 N–H and O–H groups in total. The van der Waals surface area contributed by atoms with Gasteiger partial charge in [-0.2, -0.15) is 0 Å². The Morgan fingerprint density at radius 1 is 1.15 bits per heavy atom. The second kappa shape index (κ2) is 9.67. The van der Waals surface area contributed by atoms with Crippen LogP contribution in [0.4, 0.5) is 0 Å². The molecule has 4 aromatic rings. The van der Waals surface area contributed by atoms with Gasteiger partial charge < -0.3 is 18.8 Å². The number of aromatic nitrogens is 2. The number of benzene rings is 2. The summed E-state index contributed by atoms with van der Waals surface area (Å²) < 4.78 is 14.3. The minimum Gasteiger partial charge on any atom is -0.493 e. The number of oxazole rings is 1. The normalized spacial score (nSPS) is 12.9. The molecule has 0 spiro atoms. The average molecular weight is 509 g/mol. The smallest absolute Gasteiger partial charge is 0.329 e. The van der Waals surface area contributed by atoms with E-state index in [1.165, 1.54) is 0 Å². The number of aliphatic carboxylic acids is 1. The van der Waals surface area contributed by atoms with Gasteiger partial charge >= 0.3 is 5.97 Å². The number of carboxylic acid groups (broad SMARTS) is 1. The molecule has 0 bridgehead atoms. The van der Waals surface area contributed by atoms with E-state index in [0.29, 0.717) is 25.3 Å². The summed E-state index contributed by atoms with van der Waals surface area (Å²) in [4.78, 5) is 16.6. The van der Waals surface area contributed by atoms with E-state index in [1.54, 1.807) is 23.9 Å². The van der Waals surface area contributed by atoms with Gasteiger partial charge in [0.05, 0.1) is 12.3 Å². The Balaban J connectivity index is 1.36. The highest BCUT2D eigenvalue weighted by Crippen LogP contribution is 2.27. The van der Waals surface area contributed by atoms with Crippen molar-refractivity contribution in [2.24, 2.45) is 0 Å². The quantitative estimate of drug-likeness (QED) is 0.305. The number of rotatable bonds is 9. The molecule has 7 heteroatoms. The average Bonchev–Trinajstić information content (AvgIpc) is 3.41. The van der Waals surface area contributed by atoms with Crippen molar-refractivity contribution >= 4 is 21.9 Å². The van der Waals surface area contributed by atoms with Crippen LogP contribution < -0.4 is 4.74 Å². The monoisotopic (exact) mass is 508 g/mol. The van der Waals surface area contributed by atoms with E-state index < -0.39 is 11.5 Å². The van der Waals surface area contributed by atoms with Crippen molar-refractivity contribution < 1.29 is 19.1 Å². The standard InChI is InChI=1S/C26H25BrN2O4/c1-18-23(28-24(33-18)20-6-4-3-5-7-20)13-15-32-22-10-8-19(9-11-22)16-26(2,25(30)31)29-14-12-21(27)17-29/h3-12,14,17H,13,15-16H2,1-2H3,(H,30,31)/t26-/m1/s1. The molecule has 2 heterocycles. The fraction of sp³-hybridized carbons (Fsp3) is 0.231. The number of hydrogen-bond donors (Lipinski definition) is 1. The second-order valence-corrected chi connectivity index (χ2v) is 9.04. The topological polar surface area (TPSA) is 77.5 Å². The Bertz CT molecular complexity index is 1230. The number of ether oxygens (including phenoxy) is 1. The maximum absolute atomic E-state index is 12.0. The minimum atomic E-state index is -1.09. The molecular weight excluding hydrogens is 484 g/mol. The van der Waals surface area contributed by atoms with Gasteiger partial charge in [-0.15, -0.1) is 0 Å². The first-order valence-electron chi connectivity index (χ1n) is 10.7. The van der Waals surface area contributed by atoms with Gasteiger partial charge in [-0.25, -0.2) is 9.78 Å². The first-order valence-corrected chi connectivity index (χ1v) is 11.5. The molecule has 0 aliphatic rings. The SMILES string of the molecule is Cc1oc(-c2ccccc2)nc1CCOc1ccc(C[C@](C)(C(=O)O)n2ccc(Br)c2)cc1. The Labute approximate surface area is 201 Å². The fourth-order valence-corrected chi connectivity index (χ4v) is 4.02. The first kappa shape index (κ1) is 22.9. The van der Waals surface area contributed by atoms with Crippen LogP contribution in [0.25, 0.3) is 11.5 Å². The van der Waals surface area contributed by atoms with Crippen molar-refractivity contribution in [2.45, 2.75) is 32.2 Å². The maximum Gasteiger partial charge on any atom is 0.329 e. The fourth-order valence-electron chi connectivity index (χ4n) is 3.69. The largest absolute Gasteiger partial charge is 0.493 e. The van der Waals surface area contributed by atoms with Gasteiger partial charge in [-0.05, 0) is 65.7 Å². The van der Waals surface area contributed by atoms with Crippen molar-refractivity contribution in [1.82, 2.24) is 9.55 Å². The van der Waals surface area contributed by atoms with Crippen LogP contribution in [0.3, 0.4) is 0 Å². The third-order valence-corrected chi connectivity index (χ3v) is 6.15. The molecule has 0 fully saturated rings. The Morgan fingerprint density at radius 2 is 1.88 bits per heavy atom. The van der Waals surface area contributed by atoms with E-state index >= 15 is 0 Å². The number of hydrogen-bond acceptors (Lipinski definition) is 4. The number of aryl methyl sites for hydroxylation is 1. The molecule has 170 valence electrons. The van der Waals surface area contributed by atoms with Crippen molar-refractivity contribution in [2.75, 3.05) is 6.61 Å². The molecule has 0 aliphatic carbocycles. The summed E-state index contributed by atoms with van der Waals surface area (Å²) in [5.74, 6) is 1.24. The predicted molar refractivity (Wildman–Crippen MR) is 129 cm³/mol. The molecule has 0 aliphatic heterocycles. The first-order chi connectivity index (χ1) is 15.8. The summed E-state index contributed by atoms with van der Waals surface area (Å²) in [7, 11) is 0. The lowest BCUT2D eigenvalue weighted by Gasteiger charge is -2.27. The molecule has 0 saturated carbocycles. The van der Waals surface area contributed by atoms with Crippen molar-refractivity contribution in [1.29, 1.82) is 0 Å². The van der Waals surface area contributed by atoms with Gasteiger partial charge in [0.2, 0.25) is 5.89 Å². The van der Waals surface area contributed by atoms with Crippen molar-refractivity contribution in [3.63, 3.8) is 0 Å². The van der Waals surface area contributed by atoms with Gasteiger partial charge in [0, 0.05) is 35.3 Å². The van der Waals surface area contributed by atoms with Gasteiger partial charge in [-0.3, -0.25) is 0 Å². The van der Waals surface area contributed by atoms with Gasteiger partial charge in [-0.1, -0.05) is 30.3 Å². The number of carbonyl (C=O) groups is 1. The number of carboxylic acids is 1. The van der Waals surface area contributed by atoms with Crippen LogP contribution in [0.2, 0.25) is 0 Å². The lowest BCUT2D eigenvalue weighted by Crippen LogP contribution is -2.40. The van der Waals surface area contributed by atoms with Crippen molar-refractivity contribution in [3.8, 4) is 17.2 Å². The van der Waals surface area contributed by atoms with Crippen LogP contribution in [-0.4, -0.2) is 27.2 Å². The Hall–Kier alpha value is -3.32. The summed E-state index contributed by atoms with van der Waals surface area (Å²) in [6, 6.07) is 19.2. The van der Waals surface area contributed by atoms with Crippen LogP contribution in [0.15, 0.2) is 81.9 Å². The van der Waals surface area contributed by atoms with Gasteiger partial charge in [0.15, 0.2) is 0 Å². The van der Waals surface area contributed by atoms with Crippen molar-refractivity contribution in [3.05, 3.63) is 94.5 Å². The zero-order valence-corrected chi connectivity index (χ0v) is 20.1. The van der Waals surface area contributed by atoms with E-state index in [0.717, 1.165) is 32.8 Å². The molecular formula is C26H25BrN2O4. The summed E-state index contributed by atoms with van der Waals surface area (Å²) in [5, 5.41) is 9.86. The summed E-state index contributed by atoms with van der Waals surface area (Å²) >= 11 is 3.39. The molecule has 0 radical (unpaired) electrons. The highest BCUT2D eigenvalue weighted by Gasteiger charge is 2.35. The molecule has 1 atom stereocenters. The molecule has 2 aromatic carbocycles. The summed E-state index contributed by atoms with van der Waals surface area (Å²) in [6.07, 6.45) is 4.53. The minimum absolute atomic E-state index is 0.351. The summed E-state index contributed by atoms with van der Waals surface area (Å²) in [5.41, 5.74) is 1.65. The molecule has 4 rings (SSSR count). The van der Waals surface area contributed by atoms with Gasteiger partial charge in [0.25, 0.3) is 0 Å². The number of nitrogens with zero attached hydrogens (tertiary/aromatic N) is 2. The van der Waals surface area contributed by atoms with Crippen LogP contribution in [0.1, 0.15) is 23.9 Å². The molecule has 33 heavy (non-hydrogen) atoms. The maximum atomic E-state index is 12.0. The lowest BCUT2D eigenvalue weighted by molar-refractivity contribution is -0.146. The van der Waals surface area contributed by atoms with E-state index in [-0.39, 0.29) is 0 Å². The Morgan fingerprint density at radius 3 is 2.52 bits per heavy atom. The molecule has 0 unspecified atom stereocenters. The van der Waals surface area contributed by atoms with E-state index in [4.69, 9.17) is 9.15 Å². The molecule has 0 saturated heterocycles. The highest BCUT2D eigenvalue weighted by molar-refractivity contribution is 9.10. The predicted octanol–water partition coefficient (Wildman–Crippen LogP) is 5.88. The zero-order valence-electron chi connectivity index (χ0n) is 18.5. The third kappa shape index (κ3) is 5.20. The lowest BCUT2D eigenvalue weighted by atomic mass is 9.92. The van der Waals surface area contributed by atoms with E-state index in [9.17, 15) is 9.90 Å². The van der Waals surface area contributed by atoms with Crippen LogP contribution in [0.5, 0.6) is 5.75 Å². The van der Waals surface area contributed by atoms with Crippen LogP contribution >= 0.6 is 15.9 Å². The number of halogens is 1. The molecule has 6 nitrogen and oxygen atoms in total. The zero-order chi connectivity index (χ0) is 23.4. The van der Waals surface area contributed by atoms with E-state index in [1.807, 2.05) is 67.6 Å². The second-order valence-electron chi connectivity index (χ2n) is 8.12. The highest BCUT2D eigenvalue weighted by atomic mass is 79.9.